The van der Waals surface area contributed by atoms with E-state index in [0.29, 0.717) is 6.61 Å². The van der Waals surface area contributed by atoms with Gasteiger partial charge in [0.1, 0.15) is 12.4 Å². The molecule has 0 unspecified atom stereocenters. The van der Waals surface area contributed by atoms with Gasteiger partial charge >= 0.3 is 0 Å². The summed E-state index contributed by atoms with van der Waals surface area (Å²) in [5.74, 6) is 1.74. The predicted molar refractivity (Wildman–Crippen MR) is 69.8 cm³/mol. The summed E-state index contributed by atoms with van der Waals surface area (Å²) in [6.45, 7) is 4.24. The lowest BCUT2D eigenvalue weighted by molar-refractivity contribution is 0.331. The van der Waals surface area contributed by atoms with E-state index in [0.717, 1.165) is 30.5 Å². The molecule has 4 heteroatoms. The van der Waals surface area contributed by atoms with Gasteiger partial charge in [-0.2, -0.15) is 0 Å². The van der Waals surface area contributed by atoms with Crippen LogP contribution in [0.25, 0.3) is 0 Å². The van der Waals surface area contributed by atoms with Gasteiger partial charge in [0.15, 0.2) is 0 Å². The van der Waals surface area contributed by atoms with E-state index in [1.54, 1.807) is 6.20 Å². The van der Waals surface area contributed by atoms with Crippen LogP contribution in [0, 0.1) is 6.92 Å². The molecular weight excluding hydrogens is 226 g/mol. The summed E-state index contributed by atoms with van der Waals surface area (Å²) in [7, 11) is 0. The first kappa shape index (κ1) is 11.0. The normalized spacial score (nSPS) is 14.6. The third-order valence-corrected chi connectivity index (χ3v) is 3.02. The predicted octanol–water partition coefficient (Wildman–Crippen LogP) is 2.18. The molecule has 0 fully saturated rings. The van der Waals surface area contributed by atoms with Gasteiger partial charge in [-0.25, -0.2) is 9.97 Å². The molecule has 1 aliphatic heterocycles. The van der Waals surface area contributed by atoms with Crippen LogP contribution in [-0.4, -0.2) is 23.1 Å². The van der Waals surface area contributed by atoms with Gasteiger partial charge in [0.25, 0.3) is 0 Å². The molecule has 0 bridgehead atoms. The minimum atomic E-state index is 0.661. The van der Waals surface area contributed by atoms with Crippen molar-refractivity contribution >= 4 is 5.95 Å². The second-order valence-electron chi connectivity index (χ2n) is 4.38. The Hall–Kier alpha value is -2.10. The summed E-state index contributed by atoms with van der Waals surface area (Å²) in [4.78, 5) is 11.0. The van der Waals surface area contributed by atoms with Gasteiger partial charge in [0.2, 0.25) is 5.95 Å². The molecule has 4 nitrogen and oxygen atoms in total. The SMILES string of the molecule is Cc1ccnc(N2CCOc3ccccc3C2)n1. The molecule has 1 aromatic carbocycles. The average molecular weight is 241 g/mol. The summed E-state index contributed by atoms with van der Waals surface area (Å²) in [5.41, 5.74) is 2.17. The zero-order valence-electron chi connectivity index (χ0n) is 10.3. The lowest BCUT2D eigenvalue weighted by Gasteiger charge is -2.19. The Bertz CT molecular complexity index is 556. The molecule has 92 valence electrons. The largest absolute Gasteiger partial charge is 0.491 e. The lowest BCUT2D eigenvalue weighted by Crippen LogP contribution is -2.27. The Balaban J connectivity index is 1.91. The number of ether oxygens (including phenoxy) is 1. The fourth-order valence-corrected chi connectivity index (χ4v) is 2.08. The molecule has 0 atom stereocenters. The van der Waals surface area contributed by atoms with E-state index >= 15 is 0 Å². The van der Waals surface area contributed by atoms with E-state index < -0.39 is 0 Å². The minimum Gasteiger partial charge on any atom is -0.491 e. The smallest absolute Gasteiger partial charge is 0.225 e. The molecule has 18 heavy (non-hydrogen) atoms. The molecular formula is C14H15N3O. The zero-order valence-corrected chi connectivity index (χ0v) is 10.3. The highest BCUT2D eigenvalue weighted by Gasteiger charge is 2.16. The molecule has 1 aromatic heterocycles. The van der Waals surface area contributed by atoms with Gasteiger partial charge < -0.3 is 9.64 Å². The summed E-state index contributed by atoms with van der Waals surface area (Å²) >= 11 is 0. The van der Waals surface area contributed by atoms with Crippen molar-refractivity contribution in [2.75, 3.05) is 18.1 Å². The van der Waals surface area contributed by atoms with Crippen molar-refractivity contribution in [3.8, 4) is 5.75 Å². The van der Waals surface area contributed by atoms with Gasteiger partial charge in [-0.1, -0.05) is 18.2 Å². The van der Waals surface area contributed by atoms with Crippen molar-refractivity contribution < 1.29 is 4.74 Å². The summed E-state index contributed by atoms with van der Waals surface area (Å²) in [6, 6.07) is 10.0. The van der Waals surface area contributed by atoms with E-state index in [1.165, 1.54) is 5.56 Å². The lowest BCUT2D eigenvalue weighted by atomic mass is 10.2. The highest BCUT2D eigenvalue weighted by Crippen LogP contribution is 2.24. The number of rotatable bonds is 1. The van der Waals surface area contributed by atoms with Crippen LogP contribution in [0.3, 0.4) is 0 Å². The first-order chi connectivity index (χ1) is 8.83. The second-order valence-corrected chi connectivity index (χ2v) is 4.38. The van der Waals surface area contributed by atoms with Crippen LogP contribution in [0.4, 0.5) is 5.95 Å². The molecule has 3 rings (SSSR count). The zero-order chi connectivity index (χ0) is 12.4. The number of benzene rings is 1. The van der Waals surface area contributed by atoms with Crippen LogP contribution >= 0.6 is 0 Å². The topological polar surface area (TPSA) is 38.2 Å². The molecule has 0 N–H and O–H groups in total. The van der Waals surface area contributed by atoms with E-state index in [2.05, 4.69) is 20.9 Å². The van der Waals surface area contributed by atoms with Crippen molar-refractivity contribution in [2.45, 2.75) is 13.5 Å². The maximum absolute atomic E-state index is 5.73. The van der Waals surface area contributed by atoms with Gasteiger partial charge in [-0.15, -0.1) is 0 Å². The van der Waals surface area contributed by atoms with Crippen LogP contribution in [0.15, 0.2) is 36.5 Å². The van der Waals surface area contributed by atoms with E-state index in [4.69, 9.17) is 4.74 Å². The summed E-state index contributed by atoms with van der Waals surface area (Å²) < 4.78 is 5.73. The molecule has 2 heterocycles. The Labute approximate surface area is 106 Å². The highest BCUT2D eigenvalue weighted by molar-refractivity contribution is 5.40. The van der Waals surface area contributed by atoms with Gasteiger partial charge in [0.05, 0.1) is 6.54 Å². The van der Waals surface area contributed by atoms with Gasteiger partial charge in [-0.05, 0) is 19.1 Å². The number of hydrogen-bond donors (Lipinski definition) is 0. The fourth-order valence-electron chi connectivity index (χ4n) is 2.08. The number of anilines is 1. The van der Waals surface area contributed by atoms with E-state index in [9.17, 15) is 0 Å². The van der Waals surface area contributed by atoms with Crippen molar-refractivity contribution in [1.29, 1.82) is 0 Å². The maximum Gasteiger partial charge on any atom is 0.225 e. The molecule has 0 saturated carbocycles. The number of aryl methyl sites for hydroxylation is 1. The van der Waals surface area contributed by atoms with Crippen LogP contribution in [-0.2, 0) is 6.54 Å². The minimum absolute atomic E-state index is 0.661. The number of para-hydroxylation sites is 1. The number of aromatic nitrogens is 2. The molecule has 2 aromatic rings. The second kappa shape index (κ2) is 4.64. The first-order valence-corrected chi connectivity index (χ1v) is 6.08. The third kappa shape index (κ3) is 2.14. The molecule has 0 spiro atoms. The van der Waals surface area contributed by atoms with Crippen LogP contribution < -0.4 is 9.64 Å². The van der Waals surface area contributed by atoms with Gasteiger partial charge in [0, 0.05) is 24.0 Å². The highest BCUT2D eigenvalue weighted by atomic mass is 16.5. The Kier molecular flexibility index (Phi) is 2.84. The standard InChI is InChI=1S/C14H15N3O/c1-11-6-7-15-14(16-11)17-8-9-18-13-5-3-2-4-12(13)10-17/h2-7H,8-10H2,1H3. The average Bonchev–Trinajstić information content (AvgIpc) is 2.60. The van der Waals surface area contributed by atoms with Crippen molar-refractivity contribution in [3.63, 3.8) is 0 Å². The first-order valence-electron chi connectivity index (χ1n) is 6.08. The van der Waals surface area contributed by atoms with Gasteiger partial charge in [-0.3, -0.25) is 0 Å². The van der Waals surface area contributed by atoms with Crippen LogP contribution in [0.2, 0.25) is 0 Å². The molecule has 0 amide bonds. The Morgan fingerprint density at radius 3 is 3.00 bits per heavy atom. The maximum atomic E-state index is 5.73. The number of nitrogens with zero attached hydrogens (tertiary/aromatic N) is 3. The summed E-state index contributed by atoms with van der Waals surface area (Å²) in [6.07, 6.45) is 1.80. The van der Waals surface area contributed by atoms with Crippen LogP contribution in [0.1, 0.15) is 11.3 Å². The number of hydrogen-bond acceptors (Lipinski definition) is 4. The number of fused-ring (bicyclic) bond motifs is 1. The van der Waals surface area contributed by atoms with E-state index in [-0.39, 0.29) is 0 Å². The molecule has 0 aliphatic carbocycles. The van der Waals surface area contributed by atoms with Crippen LogP contribution in [0.5, 0.6) is 5.75 Å². The monoisotopic (exact) mass is 241 g/mol. The quantitative estimate of drug-likeness (QED) is 0.767. The summed E-state index contributed by atoms with van der Waals surface area (Å²) in [5, 5.41) is 0. The van der Waals surface area contributed by atoms with E-state index in [1.807, 2.05) is 31.2 Å². The third-order valence-electron chi connectivity index (χ3n) is 3.02. The molecule has 1 aliphatic rings. The fraction of sp³-hybridized carbons (Fsp3) is 0.286. The Morgan fingerprint density at radius 1 is 1.22 bits per heavy atom. The Morgan fingerprint density at radius 2 is 2.11 bits per heavy atom. The molecule has 0 radical (unpaired) electrons. The van der Waals surface area contributed by atoms with Crippen molar-refractivity contribution in [2.24, 2.45) is 0 Å². The molecule has 0 saturated heterocycles. The van der Waals surface area contributed by atoms with Crippen molar-refractivity contribution in [3.05, 3.63) is 47.8 Å². The van der Waals surface area contributed by atoms with Crippen molar-refractivity contribution in [1.82, 2.24) is 9.97 Å².